The van der Waals surface area contributed by atoms with Crippen LogP contribution in [0.3, 0.4) is 0 Å². The number of piperazine rings is 1. The number of aromatic nitrogens is 1. The lowest BCUT2D eigenvalue weighted by atomic mass is 10.1. The summed E-state index contributed by atoms with van der Waals surface area (Å²) in [4.78, 5) is 4.73. The zero-order chi connectivity index (χ0) is 16.2. The van der Waals surface area contributed by atoms with E-state index in [1.165, 1.54) is 0 Å². The van der Waals surface area contributed by atoms with E-state index in [4.69, 9.17) is 4.52 Å². The summed E-state index contributed by atoms with van der Waals surface area (Å²) in [5.74, 6) is 0.903. The molecule has 124 valence electrons. The van der Waals surface area contributed by atoms with Gasteiger partial charge in [-0.15, -0.1) is 0 Å². The molecule has 0 aliphatic carbocycles. The van der Waals surface area contributed by atoms with Crippen molar-refractivity contribution in [3.05, 3.63) is 42.2 Å². The van der Waals surface area contributed by atoms with Gasteiger partial charge in [-0.3, -0.25) is 9.80 Å². The van der Waals surface area contributed by atoms with Gasteiger partial charge in [-0.1, -0.05) is 35.5 Å². The molecule has 5 nitrogen and oxygen atoms in total. The quantitative estimate of drug-likeness (QED) is 0.917. The second-order valence-electron chi connectivity index (χ2n) is 6.47. The minimum Gasteiger partial charge on any atom is -0.392 e. The molecule has 2 aromatic rings. The van der Waals surface area contributed by atoms with Crippen LogP contribution in [0.4, 0.5) is 0 Å². The second kappa shape index (κ2) is 7.25. The summed E-state index contributed by atoms with van der Waals surface area (Å²) >= 11 is 0. The van der Waals surface area contributed by atoms with Crippen molar-refractivity contribution >= 4 is 0 Å². The molecular weight excluding hydrogens is 290 g/mol. The third-order valence-corrected chi connectivity index (χ3v) is 4.36. The molecule has 1 aliphatic heterocycles. The molecule has 5 heteroatoms. The minimum absolute atomic E-state index is 0.272. The Hall–Kier alpha value is -1.69. The summed E-state index contributed by atoms with van der Waals surface area (Å²) < 4.78 is 5.50. The molecule has 0 amide bonds. The summed E-state index contributed by atoms with van der Waals surface area (Å²) in [5.41, 5.74) is 1.97. The van der Waals surface area contributed by atoms with Crippen molar-refractivity contribution in [1.29, 1.82) is 0 Å². The molecule has 3 rings (SSSR count). The highest BCUT2D eigenvalue weighted by Gasteiger charge is 2.25. The fraction of sp³-hybridized carbons (Fsp3) is 0.500. The molecule has 1 N–H and O–H groups in total. The summed E-state index contributed by atoms with van der Waals surface area (Å²) in [6.45, 7) is 8.53. The number of nitrogens with zero attached hydrogens (tertiary/aromatic N) is 3. The Morgan fingerprint density at radius 2 is 2.09 bits per heavy atom. The third kappa shape index (κ3) is 4.19. The van der Waals surface area contributed by atoms with Crippen molar-refractivity contribution in [3.8, 4) is 11.3 Å². The molecule has 23 heavy (non-hydrogen) atoms. The lowest BCUT2D eigenvalue weighted by Crippen LogP contribution is -2.53. The van der Waals surface area contributed by atoms with Crippen LogP contribution in [-0.4, -0.2) is 58.4 Å². The third-order valence-electron chi connectivity index (χ3n) is 4.36. The van der Waals surface area contributed by atoms with Crippen LogP contribution in [0, 0.1) is 0 Å². The van der Waals surface area contributed by atoms with E-state index < -0.39 is 0 Å². The lowest BCUT2D eigenvalue weighted by molar-refractivity contribution is 0.0392. The van der Waals surface area contributed by atoms with Gasteiger partial charge in [0, 0.05) is 43.9 Å². The molecule has 1 aromatic carbocycles. The number of β-amino-alcohol motifs (C(OH)–C–C–N with tert-alkyl or cyclic N) is 1. The summed E-state index contributed by atoms with van der Waals surface area (Å²) in [5, 5.41) is 13.7. The first-order chi connectivity index (χ1) is 11.1. The smallest absolute Gasteiger partial charge is 0.151 e. The molecule has 2 atom stereocenters. The Bertz CT molecular complexity index is 612. The molecule has 0 saturated carbocycles. The lowest BCUT2D eigenvalue weighted by Gasteiger charge is -2.40. The highest BCUT2D eigenvalue weighted by Crippen LogP contribution is 2.20. The van der Waals surface area contributed by atoms with E-state index in [1.807, 2.05) is 43.3 Å². The maximum atomic E-state index is 9.56. The molecule has 0 spiro atoms. The molecule has 1 fully saturated rings. The maximum absolute atomic E-state index is 9.56. The monoisotopic (exact) mass is 315 g/mol. The Balaban J connectivity index is 1.58. The molecular formula is C18H25N3O2. The van der Waals surface area contributed by atoms with Crippen LogP contribution in [0.1, 0.15) is 19.6 Å². The van der Waals surface area contributed by atoms with Gasteiger partial charge in [-0.05, 0) is 13.8 Å². The summed E-state index contributed by atoms with van der Waals surface area (Å²) in [7, 11) is 0. The van der Waals surface area contributed by atoms with Crippen molar-refractivity contribution in [1.82, 2.24) is 15.0 Å². The Kier molecular flexibility index (Phi) is 5.10. The fourth-order valence-electron chi connectivity index (χ4n) is 3.18. The molecule has 0 radical (unpaired) electrons. The standard InChI is InChI=1S/C18H25N3O2/c1-14-11-20(8-9-21(14)12-15(2)22)13-17-10-18(19-23-17)16-6-4-3-5-7-16/h3-7,10,14-15,22H,8-9,11-13H2,1-2H3/t14-,15+/m0/s1. The zero-order valence-electron chi connectivity index (χ0n) is 13.9. The number of aliphatic hydroxyl groups is 1. The average molecular weight is 315 g/mol. The zero-order valence-corrected chi connectivity index (χ0v) is 13.9. The summed E-state index contributed by atoms with van der Waals surface area (Å²) in [6.07, 6.45) is -0.272. The molecule has 1 saturated heterocycles. The van der Waals surface area contributed by atoms with Gasteiger partial charge < -0.3 is 9.63 Å². The van der Waals surface area contributed by atoms with Gasteiger partial charge in [0.2, 0.25) is 0 Å². The van der Waals surface area contributed by atoms with E-state index in [0.29, 0.717) is 6.04 Å². The first kappa shape index (κ1) is 16.2. The van der Waals surface area contributed by atoms with Crippen molar-refractivity contribution in [2.45, 2.75) is 32.5 Å². The molecule has 2 heterocycles. The van der Waals surface area contributed by atoms with Crippen molar-refractivity contribution in [2.75, 3.05) is 26.2 Å². The van der Waals surface area contributed by atoms with E-state index in [-0.39, 0.29) is 6.10 Å². The van der Waals surface area contributed by atoms with Crippen molar-refractivity contribution < 1.29 is 9.63 Å². The SMILES string of the molecule is C[C@@H](O)CN1CCN(Cc2cc(-c3ccccc3)no2)C[C@@H]1C. The van der Waals surface area contributed by atoms with Crippen LogP contribution in [0.2, 0.25) is 0 Å². The number of hydrogen-bond donors (Lipinski definition) is 1. The van der Waals surface area contributed by atoms with Crippen LogP contribution in [0.25, 0.3) is 11.3 Å². The second-order valence-corrected chi connectivity index (χ2v) is 6.47. The topological polar surface area (TPSA) is 52.7 Å². The van der Waals surface area contributed by atoms with Gasteiger partial charge in [0.1, 0.15) is 5.69 Å². The highest BCUT2D eigenvalue weighted by molar-refractivity contribution is 5.58. The Morgan fingerprint density at radius 1 is 1.30 bits per heavy atom. The van der Waals surface area contributed by atoms with Crippen molar-refractivity contribution in [3.63, 3.8) is 0 Å². The molecule has 0 unspecified atom stereocenters. The molecule has 1 aliphatic rings. The van der Waals surface area contributed by atoms with Crippen LogP contribution < -0.4 is 0 Å². The van der Waals surface area contributed by atoms with Crippen LogP contribution in [0.5, 0.6) is 0 Å². The predicted octanol–water partition coefficient (Wildman–Crippen LogP) is 2.23. The van der Waals surface area contributed by atoms with Gasteiger partial charge in [-0.2, -0.15) is 0 Å². The Morgan fingerprint density at radius 3 is 2.78 bits per heavy atom. The van der Waals surface area contributed by atoms with Gasteiger partial charge in [0.05, 0.1) is 12.6 Å². The van der Waals surface area contributed by atoms with E-state index in [2.05, 4.69) is 21.9 Å². The number of hydrogen-bond acceptors (Lipinski definition) is 5. The number of aliphatic hydroxyl groups excluding tert-OH is 1. The molecule has 0 bridgehead atoms. The number of benzene rings is 1. The average Bonchev–Trinajstić information content (AvgIpc) is 2.99. The van der Waals surface area contributed by atoms with Gasteiger partial charge in [0.25, 0.3) is 0 Å². The van der Waals surface area contributed by atoms with Gasteiger partial charge >= 0.3 is 0 Å². The predicted molar refractivity (Wildman–Crippen MR) is 89.9 cm³/mol. The fourth-order valence-corrected chi connectivity index (χ4v) is 3.18. The first-order valence-corrected chi connectivity index (χ1v) is 8.27. The van der Waals surface area contributed by atoms with Crippen LogP contribution in [0.15, 0.2) is 40.9 Å². The van der Waals surface area contributed by atoms with E-state index >= 15 is 0 Å². The number of rotatable bonds is 5. The van der Waals surface area contributed by atoms with Gasteiger partial charge in [0.15, 0.2) is 5.76 Å². The maximum Gasteiger partial charge on any atom is 0.151 e. The van der Waals surface area contributed by atoms with E-state index in [0.717, 1.165) is 49.7 Å². The normalized spacial score (nSPS) is 21.4. The summed E-state index contributed by atoms with van der Waals surface area (Å²) in [6, 6.07) is 12.6. The highest BCUT2D eigenvalue weighted by atomic mass is 16.5. The van der Waals surface area contributed by atoms with Crippen LogP contribution in [-0.2, 0) is 6.54 Å². The van der Waals surface area contributed by atoms with E-state index in [1.54, 1.807) is 0 Å². The largest absolute Gasteiger partial charge is 0.392 e. The Labute approximate surface area is 137 Å². The van der Waals surface area contributed by atoms with Crippen LogP contribution >= 0.6 is 0 Å². The molecule has 1 aromatic heterocycles. The van der Waals surface area contributed by atoms with Gasteiger partial charge in [-0.25, -0.2) is 0 Å². The first-order valence-electron chi connectivity index (χ1n) is 8.27. The van der Waals surface area contributed by atoms with E-state index in [9.17, 15) is 5.11 Å². The van der Waals surface area contributed by atoms with Crippen molar-refractivity contribution in [2.24, 2.45) is 0 Å². The minimum atomic E-state index is -0.272.